The molecule has 2 aromatic carbocycles. The lowest BCUT2D eigenvalue weighted by molar-refractivity contribution is 0.0951. The van der Waals surface area contributed by atoms with Crippen molar-refractivity contribution in [1.29, 1.82) is 0 Å². The van der Waals surface area contributed by atoms with Crippen molar-refractivity contribution in [1.82, 2.24) is 24.5 Å². The van der Waals surface area contributed by atoms with E-state index in [9.17, 15) is 9.59 Å². The number of nitrogens with one attached hydrogen (secondary N) is 2. The number of anilines is 1. The lowest BCUT2D eigenvalue weighted by Gasteiger charge is -2.09. The molecule has 1 saturated carbocycles. The van der Waals surface area contributed by atoms with E-state index in [0.717, 1.165) is 24.0 Å². The molecule has 0 bridgehead atoms. The molecule has 0 saturated heterocycles. The Morgan fingerprint density at radius 2 is 1.86 bits per heavy atom. The van der Waals surface area contributed by atoms with Gasteiger partial charge in [-0.1, -0.05) is 12.1 Å². The lowest BCUT2D eigenvalue weighted by atomic mass is 10.2. The number of carbonyl (C=O) groups excluding carboxylic acids is 1. The van der Waals surface area contributed by atoms with Crippen LogP contribution in [0.4, 0.5) is 5.69 Å². The van der Waals surface area contributed by atoms with Crippen LogP contribution in [0.5, 0.6) is 0 Å². The number of aryl methyl sites for hydroxylation is 1. The number of hydrogen-bond donors (Lipinski definition) is 2. The Balaban J connectivity index is 1.41. The molecule has 8 heteroatoms. The van der Waals surface area contributed by atoms with Crippen LogP contribution in [0.2, 0.25) is 0 Å². The van der Waals surface area contributed by atoms with E-state index < -0.39 is 0 Å². The molecule has 146 valence electrons. The normalized spacial score (nSPS) is 13.7. The Labute approximate surface area is 166 Å². The Kier molecular flexibility index (Phi) is 4.04. The Hall–Kier alpha value is -3.68. The molecule has 29 heavy (non-hydrogen) atoms. The number of fused-ring (bicyclic) bond motifs is 3. The van der Waals surface area contributed by atoms with Crippen LogP contribution in [0, 0.1) is 0 Å². The number of para-hydroxylation sites is 1. The Morgan fingerprint density at radius 3 is 2.62 bits per heavy atom. The van der Waals surface area contributed by atoms with Crippen molar-refractivity contribution in [3.05, 3.63) is 70.3 Å². The van der Waals surface area contributed by atoms with Gasteiger partial charge in [0, 0.05) is 24.3 Å². The molecular weight excluding hydrogens is 368 g/mol. The van der Waals surface area contributed by atoms with Gasteiger partial charge in [-0.15, -0.1) is 10.2 Å². The number of nitrogens with zero attached hydrogens (tertiary/aromatic N) is 4. The number of carbonyl (C=O) groups is 1. The van der Waals surface area contributed by atoms with Crippen molar-refractivity contribution in [3.63, 3.8) is 0 Å². The highest BCUT2D eigenvalue weighted by Crippen LogP contribution is 2.20. The first kappa shape index (κ1) is 17.4. The van der Waals surface area contributed by atoms with Gasteiger partial charge in [0.15, 0.2) is 5.82 Å². The van der Waals surface area contributed by atoms with E-state index in [2.05, 4.69) is 20.8 Å². The first-order valence-electron chi connectivity index (χ1n) is 9.58. The molecular formula is C21H20N6O2. The maximum atomic E-state index is 12.5. The topological polar surface area (TPSA) is 93.3 Å². The van der Waals surface area contributed by atoms with Crippen LogP contribution in [0.25, 0.3) is 16.7 Å². The molecule has 0 atom stereocenters. The maximum Gasteiger partial charge on any atom is 0.262 e. The minimum Gasteiger partial charge on any atom is -0.378 e. The summed E-state index contributed by atoms with van der Waals surface area (Å²) < 4.78 is 3.40. The van der Waals surface area contributed by atoms with E-state index in [1.165, 1.54) is 4.57 Å². The molecule has 0 spiro atoms. The van der Waals surface area contributed by atoms with Crippen molar-refractivity contribution in [2.24, 2.45) is 7.05 Å². The van der Waals surface area contributed by atoms with Gasteiger partial charge in [-0.3, -0.25) is 18.6 Å². The first-order chi connectivity index (χ1) is 14.1. The third kappa shape index (κ3) is 3.12. The van der Waals surface area contributed by atoms with Gasteiger partial charge < -0.3 is 10.6 Å². The number of amides is 1. The predicted octanol–water partition coefficient (Wildman–Crippen LogP) is 2.09. The molecule has 2 heterocycles. The van der Waals surface area contributed by atoms with E-state index >= 15 is 0 Å². The van der Waals surface area contributed by atoms with Gasteiger partial charge in [-0.2, -0.15) is 0 Å². The summed E-state index contributed by atoms with van der Waals surface area (Å²) in [5.74, 6) is 1.16. The molecule has 1 aliphatic rings. The molecule has 1 aliphatic carbocycles. The molecule has 0 aliphatic heterocycles. The average Bonchev–Trinajstić information content (AvgIpc) is 3.46. The molecule has 0 unspecified atom stereocenters. The number of hydrogen-bond acceptors (Lipinski definition) is 5. The summed E-state index contributed by atoms with van der Waals surface area (Å²) in [4.78, 5) is 24.6. The lowest BCUT2D eigenvalue weighted by Crippen LogP contribution is -2.25. The van der Waals surface area contributed by atoms with Crippen LogP contribution < -0.4 is 16.2 Å². The quantitative estimate of drug-likeness (QED) is 0.546. The van der Waals surface area contributed by atoms with Crippen molar-refractivity contribution in [3.8, 4) is 0 Å². The van der Waals surface area contributed by atoms with Crippen LogP contribution in [-0.2, 0) is 13.6 Å². The van der Waals surface area contributed by atoms with E-state index in [-0.39, 0.29) is 11.5 Å². The van der Waals surface area contributed by atoms with E-state index in [1.54, 1.807) is 25.2 Å². The summed E-state index contributed by atoms with van der Waals surface area (Å²) in [6, 6.07) is 15.1. The molecule has 8 nitrogen and oxygen atoms in total. The summed E-state index contributed by atoms with van der Waals surface area (Å²) in [5.41, 5.74) is 2.20. The highest BCUT2D eigenvalue weighted by Gasteiger charge is 2.23. The van der Waals surface area contributed by atoms with Gasteiger partial charge in [-0.05, 0) is 49.2 Å². The molecule has 4 aromatic rings. The minimum atomic E-state index is -0.0972. The largest absolute Gasteiger partial charge is 0.378 e. The van der Waals surface area contributed by atoms with Crippen molar-refractivity contribution < 1.29 is 4.79 Å². The minimum absolute atomic E-state index is 0.0325. The summed E-state index contributed by atoms with van der Waals surface area (Å²) >= 11 is 0. The third-order valence-electron chi connectivity index (χ3n) is 5.20. The van der Waals surface area contributed by atoms with Gasteiger partial charge in [0.1, 0.15) is 0 Å². The van der Waals surface area contributed by atoms with E-state index in [4.69, 9.17) is 0 Å². The van der Waals surface area contributed by atoms with Crippen LogP contribution in [0.15, 0.2) is 53.3 Å². The van der Waals surface area contributed by atoms with Crippen LogP contribution in [0.3, 0.4) is 0 Å². The predicted molar refractivity (Wildman–Crippen MR) is 110 cm³/mol. The molecule has 2 N–H and O–H groups in total. The zero-order chi connectivity index (χ0) is 20.0. The molecule has 1 amide bonds. The fraction of sp³-hybridized carbons (Fsp3) is 0.238. The highest BCUT2D eigenvalue weighted by molar-refractivity contribution is 5.94. The van der Waals surface area contributed by atoms with Crippen molar-refractivity contribution >= 4 is 28.3 Å². The summed E-state index contributed by atoms with van der Waals surface area (Å²) in [7, 11) is 1.70. The van der Waals surface area contributed by atoms with Crippen molar-refractivity contribution in [2.45, 2.75) is 25.4 Å². The second-order valence-electron chi connectivity index (χ2n) is 7.31. The molecule has 5 rings (SSSR count). The number of benzene rings is 2. The fourth-order valence-corrected chi connectivity index (χ4v) is 3.42. The second kappa shape index (κ2) is 6.73. The second-order valence-corrected chi connectivity index (χ2v) is 7.31. The average molecular weight is 388 g/mol. The highest BCUT2D eigenvalue weighted by atomic mass is 16.1. The van der Waals surface area contributed by atoms with Gasteiger partial charge in [0.05, 0.1) is 17.4 Å². The summed E-state index contributed by atoms with van der Waals surface area (Å²) in [6.45, 7) is 0.428. The Morgan fingerprint density at radius 1 is 1.10 bits per heavy atom. The maximum absolute atomic E-state index is 12.5. The van der Waals surface area contributed by atoms with Gasteiger partial charge in [-0.25, -0.2) is 0 Å². The number of aromatic nitrogens is 4. The monoisotopic (exact) mass is 388 g/mol. The summed E-state index contributed by atoms with van der Waals surface area (Å²) in [5, 5.41) is 15.4. The fourth-order valence-electron chi connectivity index (χ4n) is 3.42. The summed E-state index contributed by atoms with van der Waals surface area (Å²) in [6.07, 6.45) is 2.13. The molecule has 1 fully saturated rings. The van der Waals surface area contributed by atoms with E-state index in [1.807, 2.05) is 34.7 Å². The van der Waals surface area contributed by atoms with Crippen LogP contribution in [-0.4, -0.2) is 31.1 Å². The van der Waals surface area contributed by atoms with Gasteiger partial charge in [0.25, 0.3) is 11.5 Å². The zero-order valence-corrected chi connectivity index (χ0v) is 15.9. The standard InChI is InChI=1S/C21H20N6O2/c1-26-20(29)16-4-2-3-5-17(16)27-18(24-25-21(26)27)12-22-14-8-6-13(7-9-14)19(28)23-15-10-11-15/h2-9,15,22H,10-12H2,1H3,(H,23,28). The number of rotatable bonds is 5. The first-order valence-corrected chi connectivity index (χ1v) is 9.58. The van der Waals surface area contributed by atoms with Crippen LogP contribution >= 0.6 is 0 Å². The Bertz CT molecular complexity index is 1280. The van der Waals surface area contributed by atoms with Crippen LogP contribution in [0.1, 0.15) is 29.0 Å². The van der Waals surface area contributed by atoms with Crippen molar-refractivity contribution in [2.75, 3.05) is 5.32 Å². The molecule has 2 aromatic heterocycles. The smallest absolute Gasteiger partial charge is 0.262 e. The SMILES string of the molecule is Cn1c(=O)c2ccccc2n2c(CNc3ccc(C(=O)NC4CC4)cc3)nnc12. The van der Waals surface area contributed by atoms with Gasteiger partial charge in [0.2, 0.25) is 5.78 Å². The van der Waals surface area contributed by atoms with Gasteiger partial charge >= 0.3 is 0 Å². The van der Waals surface area contributed by atoms with E-state index in [0.29, 0.717) is 35.1 Å². The molecule has 0 radical (unpaired) electrons. The zero-order valence-electron chi connectivity index (χ0n) is 15.9. The third-order valence-corrected chi connectivity index (χ3v) is 5.20.